The Morgan fingerprint density at radius 3 is 1.72 bits per heavy atom. The molecule has 18 heavy (non-hydrogen) atoms. The summed E-state index contributed by atoms with van der Waals surface area (Å²) >= 11 is 0. The molecule has 2 rings (SSSR count). The Hall–Kier alpha value is -1.64. The van der Waals surface area contributed by atoms with Gasteiger partial charge in [0, 0.05) is 0 Å². The van der Waals surface area contributed by atoms with Gasteiger partial charge < -0.3 is 4.80 Å². The van der Waals surface area contributed by atoms with Crippen LogP contribution in [0.3, 0.4) is 0 Å². The number of benzene rings is 2. The summed E-state index contributed by atoms with van der Waals surface area (Å²) in [7, 11) is -2.59. The van der Waals surface area contributed by atoms with Crippen LogP contribution in [-0.4, -0.2) is 13.1 Å². The number of allylic oxidation sites excluding steroid dienone is 1. The minimum atomic E-state index is -2.59. The van der Waals surface area contributed by atoms with Crippen molar-refractivity contribution < 1.29 is 4.80 Å². The SMILES string of the molecule is C=CCC[Si](O)(c1ccccc1)c1ccccc1. The average Bonchev–Trinajstić information content (AvgIpc) is 2.46. The van der Waals surface area contributed by atoms with Crippen LogP contribution in [0, 0.1) is 0 Å². The molecule has 1 nitrogen and oxygen atoms in total. The predicted octanol–water partition coefficient (Wildman–Crippen LogP) is 2.31. The first-order chi connectivity index (χ1) is 8.77. The Morgan fingerprint density at radius 1 is 0.889 bits per heavy atom. The fourth-order valence-corrected chi connectivity index (χ4v) is 5.21. The van der Waals surface area contributed by atoms with E-state index in [2.05, 4.69) is 6.58 Å². The molecule has 1 N–H and O–H groups in total. The fourth-order valence-electron chi connectivity index (χ4n) is 2.19. The van der Waals surface area contributed by atoms with Crippen LogP contribution >= 0.6 is 0 Å². The van der Waals surface area contributed by atoms with Gasteiger partial charge in [0.1, 0.15) is 0 Å². The van der Waals surface area contributed by atoms with E-state index in [0.717, 1.165) is 22.8 Å². The van der Waals surface area contributed by atoms with Gasteiger partial charge in [0.2, 0.25) is 0 Å². The quantitative estimate of drug-likeness (QED) is 0.641. The summed E-state index contributed by atoms with van der Waals surface area (Å²) in [5.41, 5.74) is 0. The molecule has 0 saturated heterocycles. The van der Waals surface area contributed by atoms with Crippen molar-refractivity contribution in [2.24, 2.45) is 0 Å². The van der Waals surface area contributed by atoms with E-state index in [0.29, 0.717) is 0 Å². The number of hydrogen-bond acceptors (Lipinski definition) is 1. The minimum Gasteiger partial charge on any atom is -0.424 e. The molecule has 2 aromatic rings. The lowest BCUT2D eigenvalue weighted by molar-refractivity contribution is 0.564. The second kappa shape index (κ2) is 5.80. The highest BCUT2D eigenvalue weighted by Gasteiger charge is 2.34. The molecule has 0 atom stereocenters. The zero-order valence-corrected chi connectivity index (χ0v) is 11.4. The number of hydrogen-bond donors (Lipinski definition) is 1. The van der Waals surface area contributed by atoms with Gasteiger partial charge in [-0.25, -0.2) is 0 Å². The molecule has 92 valence electrons. The highest BCUT2D eigenvalue weighted by molar-refractivity contribution is 6.96. The van der Waals surface area contributed by atoms with E-state index in [1.165, 1.54) is 0 Å². The second-order valence-corrected chi connectivity index (χ2v) is 7.79. The normalized spacial score (nSPS) is 11.2. The first-order valence-corrected chi connectivity index (χ1v) is 8.37. The van der Waals surface area contributed by atoms with E-state index in [9.17, 15) is 4.80 Å². The Kier molecular flexibility index (Phi) is 4.13. The summed E-state index contributed by atoms with van der Waals surface area (Å²) in [5.74, 6) is 0. The van der Waals surface area contributed by atoms with E-state index in [1.807, 2.05) is 66.7 Å². The Morgan fingerprint density at radius 2 is 1.33 bits per heavy atom. The third-order valence-corrected chi connectivity index (χ3v) is 6.80. The van der Waals surface area contributed by atoms with Crippen LogP contribution in [0.15, 0.2) is 73.3 Å². The molecule has 2 heteroatoms. The van der Waals surface area contributed by atoms with E-state index in [1.54, 1.807) is 0 Å². The topological polar surface area (TPSA) is 20.2 Å². The van der Waals surface area contributed by atoms with Crippen molar-refractivity contribution in [3.05, 3.63) is 73.3 Å². The average molecular weight is 254 g/mol. The third-order valence-electron chi connectivity index (χ3n) is 3.21. The Balaban J connectivity index is 2.44. The maximum absolute atomic E-state index is 11.2. The molecule has 0 spiro atoms. The van der Waals surface area contributed by atoms with Crippen molar-refractivity contribution in [1.82, 2.24) is 0 Å². The van der Waals surface area contributed by atoms with Crippen LogP contribution in [0.4, 0.5) is 0 Å². The minimum absolute atomic E-state index is 0.782. The molecule has 0 bridgehead atoms. The first kappa shape index (κ1) is 12.8. The highest BCUT2D eigenvalue weighted by atomic mass is 28.4. The van der Waals surface area contributed by atoms with Crippen LogP contribution in [0.1, 0.15) is 6.42 Å². The molecular formula is C16H18OSi. The zero-order chi connectivity index (χ0) is 12.8. The lowest BCUT2D eigenvalue weighted by atomic mass is 10.4. The monoisotopic (exact) mass is 254 g/mol. The summed E-state index contributed by atoms with van der Waals surface area (Å²) in [6.45, 7) is 3.76. The van der Waals surface area contributed by atoms with E-state index in [-0.39, 0.29) is 0 Å². The van der Waals surface area contributed by atoms with Gasteiger partial charge in [-0.1, -0.05) is 66.7 Å². The van der Waals surface area contributed by atoms with E-state index < -0.39 is 8.32 Å². The second-order valence-electron chi connectivity index (χ2n) is 4.42. The molecular weight excluding hydrogens is 236 g/mol. The van der Waals surface area contributed by atoms with Crippen molar-refractivity contribution in [2.45, 2.75) is 12.5 Å². The van der Waals surface area contributed by atoms with Crippen molar-refractivity contribution in [2.75, 3.05) is 0 Å². The highest BCUT2D eigenvalue weighted by Crippen LogP contribution is 2.11. The van der Waals surface area contributed by atoms with Crippen LogP contribution in [0.5, 0.6) is 0 Å². The molecule has 0 heterocycles. The molecule has 0 aliphatic heterocycles. The van der Waals surface area contributed by atoms with Gasteiger partial charge in [0.05, 0.1) is 0 Å². The van der Waals surface area contributed by atoms with Crippen LogP contribution in [0.2, 0.25) is 6.04 Å². The van der Waals surface area contributed by atoms with Gasteiger partial charge >= 0.3 is 0 Å². The van der Waals surface area contributed by atoms with Gasteiger partial charge in [-0.2, -0.15) is 0 Å². The Labute approximate surface area is 110 Å². The smallest absolute Gasteiger partial charge is 0.252 e. The third kappa shape index (κ3) is 2.60. The lowest BCUT2D eigenvalue weighted by Gasteiger charge is -2.25. The van der Waals surface area contributed by atoms with Gasteiger partial charge in [-0.3, -0.25) is 0 Å². The molecule has 0 fully saturated rings. The van der Waals surface area contributed by atoms with Gasteiger partial charge in [-0.15, -0.1) is 6.58 Å². The molecule has 0 saturated carbocycles. The molecule has 0 amide bonds. The molecule has 0 unspecified atom stereocenters. The molecule has 2 aromatic carbocycles. The van der Waals surface area contributed by atoms with Gasteiger partial charge in [0.25, 0.3) is 8.32 Å². The summed E-state index contributed by atoms with van der Waals surface area (Å²) in [6.07, 6.45) is 2.72. The van der Waals surface area contributed by atoms with Crippen molar-refractivity contribution >= 4 is 18.7 Å². The first-order valence-electron chi connectivity index (χ1n) is 6.22. The lowest BCUT2D eigenvalue weighted by Crippen LogP contribution is -2.58. The zero-order valence-electron chi connectivity index (χ0n) is 10.4. The van der Waals surface area contributed by atoms with Crippen molar-refractivity contribution in [3.63, 3.8) is 0 Å². The van der Waals surface area contributed by atoms with Crippen molar-refractivity contribution in [3.8, 4) is 0 Å². The van der Waals surface area contributed by atoms with Crippen LogP contribution in [0.25, 0.3) is 0 Å². The van der Waals surface area contributed by atoms with E-state index >= 15 is 0 Å². The molecule has 0 aliphatic rings. The van der Waals surface area contributed by atoms with Gasteiger partial charge in [0.15, 0.2) is 0 Å². The molecule has 0 aromatic heterocycles. The molecule has 0 radical (unpaired) electrons. The predicted molar refractivity (Wildman–Crippen MR) is 79.7 cm³/mol. The summed E-state index contributed by atoms with van der Waals surface area (Å²) in [4.78, 5) is 11.2. The van der Waals surface area contributed by atoms with E-state index in [4.69, 9.17) is 0 Å². The van der Waals surface area contributed by atoms with Crippen molar-refractivity contribution in [1.29, 1.82) is 0 Å². The molecule has 0 aliphatic carbocycles. The summed E-state index contributed by atoms with van der Waals surface area (Å²) in [6, 6.07) is 20.8. The fraction of sp³-hybridized carbons (Fsp3) is 0.125. The number of rotatable bonds is 5. The summed E-state index contributed by atoms with van der Waals surface area (Å²) in [5, 5.41) is 2.14. The van der Waals surface area contributed by atoms with Crippen LogP contribution in [-0.2, 0) is 0 Å². The van der Waals surface area contributed by atoms with Crippen LogP contribution < -0.4 is 10.4 Å². The maximum Gasteiger partial charge on any atom is 0.252 e. The summed E-state index contributed by atoms with van der Waals surface area (Å²) < 4.78 is 0. The van der Waals surface area contributed by atoms with Gasteiger partial charge in [-0.05, 0) is 22.8 Å². The maximum atomic E-state index is 11.2. The standard InChI is InChI=1S/C16H18OSi/c1-2-3-14-18(17,15-10-6-4-7-11-15)16-12-8-5-9-13-16/h2,4-13,17H,1,3,14H2. The Bertz CT molecular complexity index is 454. The largest absolute Gasteiger partial charge is 0.424 e.